The molecule has 2 saturated heterocycles. The number of fused-ring (bicyclic) bond motifs is 2. The van der Waals surface area contributed by atoms with Gasteiger partial charge in [0.1, 0.15) is 11.6 Å². The summed E-state index contributed by atoms with van der Waals surface area (Å²) in [6.45, 7) is 2.64. The quantitative estimate of drug-likeness (QED) is 0.841. The van der Waals surface area contributed by atoms with E-state index >= 15 is 0 Å². The summed E-state index contributed by atoms with van der Waals surface area (Å²) in [6, 6.07) is 5.39. The Balaban J connectivity index is 1.70. The summed E-state index contributed by atoms with van der Waals surface area (Å²) in [5.41, 5.74) is 0.688. The molecule has 1 aromatic carbocycles. The lowest BCUT2D eigenvalue weighted by Crippen LogP contribution is -2.34. The number of hydrogen-bond acceptors (Lipinski definition) is 3. The number of likely N-dealkylation sites (tertiary alicyclic amines) is 1. The van der Waals surface area contributed by atoms with E-state index < -0.39 is 0 Å². The van der Waals surface area contributed by atoms with Gasteiger partial charge in [0.2, 0.25) is 0 Å². The maximum absolute atomic E-state index is 13.2. The number of nitrogens with zero attached hydrogens (tertiary/aromatic N) is 1. The fraction of sp³-hybridized carbons (Fsp3) is 0.571. The van der Waals surface area contributed by atoms with Crippen molar-refractivity contribution in [3.63, 3.8) is 0 Å². The molecule has 2 bridgehead atoms. The van der Waals surface area contributed by atoms with E-state index in [1.165, 1.54) is 31.0 Å². The molecule has 2 unspecified atom stereocenters. The monoisotopic (exact) mass is 250 g/mol. The van der Waals surface area contributed by atoms with Crippen LogP contribution in [-0.2, 0) is 6.54 Å². The maximum Gasteiger partial charge on any atom is 0.123 e. The number of hydrogen-bond donors (Lipinski definition) is 2. The summed E-state index contributed by atoms with van der Waals surface area (Å²) >= 11 is 0. The first-order chi connectivity index (χ1) is 8.70. The first-order valence-electron chi connectivity index (χ1n) is 6.66. The van der Waals surface area contributed by atoms with Crippen LogP contribution in [0, 0.1) is 5.82 Å². The Morgan fingerprint density at radius 3 is 3.00 bits per heavy atom. The standard InChI is InChI=1S/C14H19FN2O/c15-11-1-4-14(18)10(7-11)8-17-6-5-12-2-3-13(9-17)16-12/h1,4,7,12-13,16,18H,2-3,5-6,8-9H2. The maximum atomic E-state index is 13.2. The van der Waals surface area contributed by atoms with Crippen LogP contribution in [0.4, 0.5) is 4.39 Å². The van der Waals surface area contributed by atoms with Crippen molar-refractivity contribution >= 4 is 0 Å². The lowest BCUT2D eigenvalue weighted by Gasteiger charge is -2.24. The lowest BCUT2D eigenvalue weighted by molar-refractivity contribution is 0.247. The van der Waals surface area contributed by atoms with Crippen molar-refractivity contribution in [1.82, 2.24) is 10.2 Å². The minimum atomic E-state index is -0.280. The highest BCUT2D eigenvalue weighted by Crippen LogP contribution is 2.24. The molecular weight excluding hydrogens is 231 g/mol. The van der Waals surface area contributed by atoms with Gasteiger partial charge in [-0.05, 0) is 37.5 Å². The van der Waals surface area contributed by atoms with Gasteiger partial charge < -0.3 is 10.4 Å². The van der Waals surface area contributed by atoms with Gasteiger partial charge >= 0.3 is 0 Å². The van der Waals surface area contributed by atoms with E-state index in [0.29, 0.717) is 24.2 Å². The molecule has 0 radical (unpaired) electrons. The first kappa shape index (κ1) is 11.9. The average molecular weight is 250 g/mol. The molecule has 18 heavy (non-hydrogen) atoms. The molecule has 1 aromatic rings. The second-order valence-electron chi connectivity index (χ2n) is 5.43. The predicted molar refractivity (Wildman–Crippen MR) is 67.9 cm³/mol. The van der Waals surface area contributed by atoms with Gasteiger partial charge in [-0.3, -0.25) is 4.90 Å². The molecule has 2 aliphatic rings. The summed E-state index contributed by atoms with van der Waals surface area (Å²) in [5.74, 6) is -0.0870. The zero-order chi connectivity index (χ0) is 12.5. The molecule has 0 aliphatic carbocycles. The third-order valence-corrected chi connectivity index (χ3v) is 4.04. The number of phenolic OH excluding ortho intramolecular Hbond substituents is 1. The Morgan fingerprint density at radius 2 is 2.11 bits per heavy atom. The van der Waals surface area contributed by atoms with E-state index in [0.717, 1.165) is 19.5 Å². The normalized spacial score (nSPS) is 28.3. The Labute approximate surface area is 107 Å². The molecule has 3 nitrogen and oxygen atoms in total. The average Bonchev–Trinajstić information content (AvgIpc) is 2.67. The van der Waals surface area contributed by atoms with Gasteiger partial charge in [-0.1, -0.05) is 0 Å². The minimum absolute atomic E-state index is 0.193. The number of nitrogens with one attached hydrogen (secondary N) is 1. The molecule has 0 amide bonds. The number of halogens is 1. The Morgan fingerprint density at radius 1 is 1.28 bits per heavy atom. The van der Waals surface area contributed by atoms with Crippen molar-refractivity contribution in [3.8, 4) is 5.75 Å². The van der Waals surface area contributed by atoms with Crippen LogP contribution in [0.1, 0.15) is 24.8 Å². The van der Waals surface area contributed by atoms with Crippen molar-refractivity contribution in [3.05, 3.63) is 29.6 Å². The summed E-state index contributed by atoms with van der Waals surface area (Å²) in [4.78, 5) is 2.31. The van der Waals surface area contributed by atoms with Crippen molar-refractivity contribution in [2.24, 2.45) is 0 Å². The number of rotatable bonds is 2. The molecule has 0 saturated carbocycles. The van der Waals surface area contributed by atoms with Crippen LogP contribution in [0.2, 0.25) is 0 Å². The molecule has 3 rings (SSSR count). The van der Waals surface area contributed by atoms with E-state index in [1.807, 2.05) is 0 Å². The summed E-state index contributed by atoms with van der Waals surface area (Å²) in [7, 11) is 0. The minimum Gasteiger partial charge on any atom is -0.508 e. The van der Waals surface area contributed by atoms with Gasteiger partial charge in [0.25, 0.3) is 0 Å². The second-order valence-corrected chi connectivity index (χ2v) is 5.43. The molecule has 2 atom stereocenters. The van der Waals surface area contributed by atoms with E-state index in [9.17, 15) is 9.50 Å². The van der Waals surface area contributed by atoms with Gasteiger partial charge in [-0.2, -0.15) is 0 Å². The van der Waals surface area contributed by atoms with Crippen LogP contribution in [-0.4, -0.2) is 35.2 Å². The van der Waals surface area contributed by atoms with E-state index in [2.05, 4.69) is 10.2 Å². The van der Waals surface area contributed by atoms with Crippen LogP contribution in [0.15, 0.2) is 18.2 Å². The molecule has 2 aliphatic heterocycles. The highest BCUT2D eigenvalue weighted by atomic mass is 19.1. The smallest absolute Gasteiger partial charge is 0.123 e. The fourth-order valence-corrected chi connectivity index (χ4v) is 3.08. The third kappa shape index (κ3) is 2.49. The Bertz CT molecular complexity index is 438. The molecule has 98 valence electrons. The number of phenols is 1. The summed E-state index contributed by atoms with van der Waals surface area (Å²) < 4.78 is 13.2. The predicted octanol–water partition coefficient (Wildman–Crippen LogP) is 1.86. The number of aromatic hydroxyl groups is 1. The molecular formula is C14H19FN2O. The summed E-state index contributed by atoms with van der Waals surface area (Å²) in [5, 5.41) is 13.4. The van der Waals surface area contributed by atoms with Gasteiger partial charge in [-0.15, -0.1) is 0 Å². The highest BCUT2D eigenvalue weighted by molar-refractivity contribution is 5.32. The summed E-state index contributed by atoms with van der Waals surface area (Å²) in [6.07, 6.45) is 3.66. The zero-order valence-electron chi connectivity index (χ0n) is 10.4. The van der Waals surface area contributed by atoms with Gasteiger partial charge in [-0.25, -0.2) is 4.39 Å². The van der Waals surface area contributed by atoms with Crippen molar-refractivity contribution in [1.29, 1.82) is 0 Å². The number of benzene rings is 1. The topological polar surface area (TPSA) is 35.5 Å². The third-order valence-electron chi connectivity index (χ3n) is 4.04. The van der Waals surface area contributed by atoms with Crippen LogP contribution in [0.25, 0.3) is 0 Å². The van der Waals surface area contributed by atoms with Crippen LogP contribution >= 0.6 is 0 Å². The van der Waals surface area contributed by atoms with Crippen molar-refractivity contribution in [2.75, 3.05) is 13.1 Å². The van der Waals surface area contributed by atoms with Crippen molar-refractivity contribution in [2.45, 2.75) is 37.9 Å². The Kier molecular flexibility index (Phi) is 3.22. The molecule has 2 N–H and O–H groups in total. The molecule has 4 heteroatoms. The van der Waals surface area contributed by atoms with Crippen LogP contribution in [0.5, 0.6) is 5.75 Å². The highest BCUT2D eigenvalue weighted by Gasteiger charge is 2.29. The van der Waals surface area contributed by atoms with Crippen LogP contribution in [0.3, 0.4) is 0 Å². The molecule has 2 fully saturated rings. The Hall–Kier alpha value is -1.13. The van der Waals surface area contributed by atoms with Gasteiger partial charge in [0.05, 0.1) is 0 Å². The van der Waals surface area contributed by atoms with E-state index in [4.69, 9.17) is 0 Å². The molecule has 0 aromatic heterocycles. The molecule has 0 spiro atoms. The van der Waals surface area contributed by atoms with E-state index in [-0.39, 0.29) is 11.6 Å². The fourth-order valence-electron chi connectivity index (χ4n) is 3.08. The zero-order valence-corrected chi connectivity index (χ0v) is 10.4. The van der Waals surface area contributed by atoms with E-state index in [1.54, 1.807) is 0 Å². The SMILES string of the molecule is Oc1ccc(F)cc1CN1CCC2CCC(C1)N2. The molecule has 2 heterocycles. The van der Waals surface area contributed by atoms with Crippen LogP contribution < -0.4 is 5.32 Å². The largest absolute Gasteiger partial charge is 0.508 e. The first-order valence-corrected chi connectivity index (χ1v) is 6.66. The lowest BCUT2D eigenvalue weighted by atomic mass is 10.1. The van der Waals surface area contributed by atoms with Gasteiger partial charge in [0, 0.05) is 37.3 Å². The van der Waals surface area contributed by atoms with Gasteiger partial charge in [0.15, 0.2) is 0 Å². The van der Waals surface area contributed by atoms with Crippen molar-refractivity contribution < 1.29 is 9.50 Å². The second kappa shape index (κ2) is 4.86.